The summed E-state index contributed by atoms with van der Waals surface area (Å²) < 4.78 is 19.6. The van der Waals surface area contributed by atoms with Gasteiger partial charge in [0.15, 0.2) is 11.6 Å². The van der Waals surface area contributed by atoms with Crippen molar-refractivity contribution in [3.8, 4) is 5.75 Å². The van der Waals surface area contributed by atoms with Crippen LogP contribution in [0, 0.1) is 11.7 Å². The van der Waals surface area contributed by atoms with E-state index in [2.05, 4.69) is 29.2 Å². The third-order valence-corrected chi connectivity index (χ3v) is 5.85. The van der Waals surface area contributed by atoms with Gasteiger partial charge < -0.3 is 9.84 Å². The van der Waals surface area contributed by atoms with Crippen molar-refractivity contribution in [2.24, 2.45) is 5.92 Å². The van der Waals surface area contributed by atoms with Crippen molar-refractivity contribution in [2.75, 3.05) is 20.2 Å². The van der Waals surface area contributed by atoms with E-state index in [0.717, 1.165) is 21.9 Å². The number of hydrogen-bond acceptors (Lipinski definition) is 3. The van der Waals surface area contributed by atoms with Crippen LogP contribution in [-0.2, 0) is 4.79 Å². The fraction of sp³-hybridized carbons (Fsp3) is 0.292. The molecule has 0 saturated carbocycles. The minimum atomic E-state index is -0.734. The largest absolute Gasteiger partial charge is 0.494 e. The highest BCUT2D eigenvalue weighted by Gasteiger charge is 2.31. The number of benzene rings is 3. The molecule has 4 rings (SSSR count). The summed E-state index contributed by atoms with van der Waals surface area (Å²) >= 11 is 0. The molecule has 29 heavy (non-hydrogen) atoms. The number of methoxy groups -OCH3 is 1. The van der Waals surface area contributed by atoms with Crippen LogP contribution in [0.4, 0.5) is 4.39 Å². The summed E-state index contributed by atoms with van der Waals surface area (Å²) in [6.45, 7) is 1.30. The van der Waals surface area contributed by atoms with Crippen LogP contribution in [0.15, 0.2) is 60.7 Å². The van der Waals surface area contributed by atoms with Gasteiger partial charge in [0.1, 0.15) is 0 Å². The minimum Gasteiger partial charge on any atom is -0.494 e. The van der Waals surface area contributed by atoms with Crippen molar-refractivity contribution in [1.29, 1.82) is 0 Å². The molecular formula is C24H24FNO3. The van der Waals surface area contributed by atoms with Crippen molar-refractivity contribution < 1.29 is 19.0 Å². The molecule has 1 N–H and O–H groups in total. The van der Waals surface area contributed by atoms with Crippen molar-refractivity contribution >= 4 is 16.7 Å². The molecule has 0 spiro atoms. The van der Waals surface area contributed by atoms with Crippen LogP contribution in [-0.4, -0.2) is 36.2 Å². The van der Waals surface area contributed by atoms with Crippen LogP contribution in [0.2, 0.25) is 0 Å². The molecule has 0 aliphatic carbocycles. The maximum absolute atomic E-state index is 14.6. The molecule has 1 aliphatic rings. The summed E-state index contributed by atoms with van der Waals surface area (Å²) in [4.78, 5) is 13.6. The molecule has 0 radical (unpaired) electrons. The number of rotatable bonds is 5. The van der Waals surface area contributed by atoms with E-state index in [1.807, 2.05) is 24.3 Å². The summed E-state index contributed by atoms with van der Waals surface area (Å²) in [5.74, 6) is -1.22. The van der Waals surface area contributed by atoms with Crippen molar-refractivity contribution in [3.05, 3.63) is 77.6 Å². The second kappa shape index (κ2) is 8.21. The van der Waals surface area contributed by atoms with E-state index in [1.54, 1.807) is 6.07 Å². The Hall–Kier alpha value is -2.92. The Morgan fingerprint density at radius 3 is 2.52 bits per heavy atom. The van der Waals surface area contributed by atoms with Gasteiger partial charge in [0.2, 0.25) is 0 Å². The number of likely N-dealkylation sites (tertiary alicyclic amines) is 1. The topological polar surface area (TPSA) is 49.8 Å². The molecule has 0 aromatic heterocycles. The molecule has 150 valence electrons. The first-order valence-corrected chi connectivity index (χ1v) is 9.86. The van der Waals surface area contributed by atoms with E-state index in [1.165, 1.54) is 13.2 Å². The highest BCUT2D eigenvalue weighted by molar-refractivity contribution is 5.86. The number of piperidine rings is 1. The lowest BCUT2D eigenvalue weighted by molar-refractivity contribution is -0.143. The SMILES string of the molecule is COc1ccc(C(c2cccc3ccccc23)N2CCC(C(=O)O)CC2)cc1F. The van der Waals surface area contributed by atoms with E-state index in [-0.39, 0.29) is 17.7 Å². The fourth-order valence-electron chi connectivity index (χ4n) is 4.33. The number of nitrogens with zero attached hydrogens (tertiary/aromatic N) is 1. The van der Waals surface area contributed by atoms with Crippen molar-refractivity contribution in [2.45, 2.75) is 18.9 Å². The van der Waals surface area contributed by atoms with Crippen molar-refractivity contribution in [1.82, 2.24) is 4.90 Å². The zero-order chi connectivity index (χ0) is 20.4. The lowest BCUT2D eigenvalue weighted by atomic mass is 9.89. The number of hydrogen-bond donors (Lipinski definition) is 1. The first-order chi connectivity index (χ1) is 14.1. The number of aliphatic carboxylic acids is 1. The second-order valence-corrected chi connectivity index (χ2v) is 7.51. The molecule has 4 nitrogen and oxygen atoms in total. The zero-order valence-corrected chi connectivity index (χ0v) is 16.3. The van der Waals surface area contributed by atoms with Gasteiger partial charge in [-0.05, 0) is 60.0 Å². The van der Waals surface area contributed by atoms with Crippen LogP contribution in [0.1, 0.15) is 30.0 Å². The quantitative estimate of drug-likeness (QED) is 0.672. The molecule has 1 unspecified atom stereocenters. The summed E-state index contributed by atoms with van der Waals surface area (Å²) in [6, 6.07) is 19.3. The van der Waals surface area contributed by atoms with Gasteiger partial charge in [0.05, 0.1) is 19.1 Å². The smallest absolute Gasteiger partial charge is 0.306 e. The van der Waals surface area contributed by atoms with Gasteiger partial charge >= 0.3 is 5.97 Å². The number of carboxylic acids is 1. The van der Waals surface area contributed by atoms with Crippen LogP contribution in [0.25, 0.3) is 10.8 Å². The normalized spacial score (nSPS) is 16.6. The lowest BCUT2D eigenvalue weighted by Crippen LogP contribution is -2.39. The third kappa shape index (κ3) is 3.83. The Morgan fingerprint density at radius 1 is 1.10 bits per heavy atom. The van der Waals surface area contributed by atoms with Gasteiger partial charge in [-0.25, -0.2) is 4.39 Å². The van der Waals surface area contributed by atoms with Gasteiger partial charge in [-0.3, -0.25) is 9.69 Å². The molecule has 1 atom stereocenters. The molecular weight excluding hydrogens is 369 g/mol. The average molecular weight is 393 g/mol. The highest BCUT2D eigenvalue weighted by atomic mass is 19.1. The lowest BCUT2D eigenvalue weighted by Gasteiger charge is -2.37. The van der Waals surface area contributed by atoms with Gasteiger partial charge in [-0.15, -0.1) is 0 Å². The van der Waals surface area contributed by atoms with E-state index >= 15 is 0 Å². The maximum atomic E-state index is 14.6. The maximum Gasteiger partial charge on any atom is 0.306 e. The Morgan fingerprint density at radius 2 is 1.83 bits per heavy atom. The summed E-state index contributed by atoms with van der Waals surface area (Å²) in [6.07, 6.45) is 1.18. The summed E-state index contributed by atoms with van der Waals surface area (Å²) in [5, 5.41) is 11.6. The van der Waals surface area contributed by atoms with Gasteiger partial charge in [0.25, 0.3) is 0 Å². The molecule has 3 aromatic rings. The molecule has 0 amide bonds. The molecule has 3 aromatic carbocycles. The van der Waals surface area contributed by atoms with Crippen molar-refractivity contribution in [3.63, 3.8) is 0 Å². The fourth-order valence-corrected chi connectivity index (χ4v) is 4.33. The third-order valence-electron chi connectivity index (χ3n) is 5.85. The van der Waals surface area contributed by atoms with Gasteiger partial charge in [-0.2, -0.15) is 0 Å². The predicted octanol–water partition coefficient (Wildman–Crippen LogP) is 4.87. The van der Waals surface area contributed by atoms with Gasteiger partial charge in [0, 0.05) is 0 Å². The monoisotopic (exact) mass is 393 g/mol. The van der Waals surface area contributed by atoms with Crippen LogP contribution in [0.5, 0.6) is 5.75 Å². The first kappa shape index (κ1) is 19.4. The zero-order valence-electron chi connectivity index (χ0n) is 16.3. The van der Waals surface area contributed by atoms with E-state index in [9.17, 15) is 14.3 Å². The van der Waals surface area contributed by atoms with Crippen LogP contribution >= 0.6 is 0 Å². The molecule has 0 bridgehead atoms. The highest BCUT2D eigenvalue weighted by Crippen LogP contribution is 2.37. The Kier molecular flexibility index (Phi) is 5.49. The Balaban J connectivity index is 1.79. The van der Waals surface area contributed by atoms with E-state index < -0.39 is 11.8 Å². The number of carbonyl (C=O) groups is 1. The molecule has 1 aliphatic heterocycles. The first-order valence-electron chi connectivity index (χ1n) is 9.86. The average Bonchev–Trinajstić information content (AvgIpc) is 2.75. The standard InChI is InChI=1S/C24H24FNO3/c1-29-22-10-9-18(15-21(22)25)23(26-13-11-17(12-14-26)24(27)28)20-8-4-6-16-5-2-3-7-19(16)20/h2-10,15,17,23H,11-14H2,1H3,(H,27,28). The molecule has 1 fully saturated rings. The van der Waals surface area contributed by atoms with Crippen LogP contribution in [0.3, 0.4) is 0 Å². The number of fused-ring (bicyclic) bond motifs is 1. The number of carboxylic acid groups (broad SMARTS) is 1. The molecule has 1 heterocycles. The summed E-state index contributed by atoms with van der Waals surface area (Å²) in [5.41, 5.74) is 1.94. The number of halogens is 1. The van der Waals surface area contributed by atoms with E-state index in [0.29, 0.717) is 25.9 Å². The Bertz CT molecular complexity index is 1020. The Labute approximate surface area is 169 Å². The predicted molar refractivity (Wildman–Crippen MR) is 111 cm³/mol. The molecule has 5 heteroatoms. The minimum absolute atomic E-state index is 0.156. The van der Waals surface area contributed by atoms with Crippen LogP contribution < -0.4 is 4.74 Å². The van der Waals surface area contributed by atoms with E-state index in [4.69, 9.17) is 4.74 Å². The molecule has 1 saturated heterocycles. The summed E-state index contributed by atoms with van der Waals surface area (Å²) in [7, 11) is 1.46. The second-order valence-electron chi connectivity index (χ2n) is 7.51. The number of ether oxygens (including phenoxy) is 1. The van der Waals surface area contributed by atoms with Gasteiger partial charge in [-0.1, -0.05) is 48.5 Å².